The Labute approximate surface area is 161 Å². The van der Waals surface area contributed by atoms with Gasteiger partial charge in [0.15, 0.2) is 11.5 Å². The monoisotopic (exact) mass is 378 g/mol. The second-order valence-corrected chi connectivity index (χ2v) is 7.61. The fourth-order valence-electron chi connectivity index (χ4n) is 3.63. The molecular formula is C21H18N2O3S. The van der Waals surface area contributed by atoms with E-state index in [-0.39, 0.29) is 12.7 Å². The van der Waals surface area contributed by atoms with E-state index in [0.29, 0.717) is 18.2 Å². The average molecular weight is 378 g/mol. The first-order valence-corrected chi connectivity index (χ1v) is 9.86. The van der Waals surface area contributed by atoms with Crippen LogP contribution in [-0.4, -0.2) is 35.7 Å². The van der Waals surface area contributed by atoms with E-state index in [1.807, 2.05) is 52.7 Å². The van der Waals surface area contributed by atoms with Crippen molar-refractivity contribution in [2.75, 3.05) is 19.9 Å². The SMILES string of the molecule is O=C(c1csc(-c2ccccc2)n1)N1CCC(c2ccc3c(c2)OCO3)C1. The Morgan fingerprint density at radius 2 is 1.96 bits per heavy atom. The molecule has 0 radical (unpaired) electrons. The molecular weight excluding hydrogens is 360 g/mol. The second-order valence-electron chi connectivity index (χ2n) is 6.75. The molecule has 27 heavy (non-hydrogen) atoms. The summed E-state index contributed by atoms with van der Waals surface area (Å²) in [7, 11) is 0. The molecule has 2 aliphatic rings. The van der Waals surface area contributed by atoms with Crippen LogP contribution in [0.5, 0.6) is 11.5 Å². The molecule has 0 aliphatic carbocycles. The van der Waals surface area contributed by atoms with Crippen LogP contribution in [0.1, 0.15) is 28.4 Å². The topological polar surface area (TPSA) is 51.7 Å². The minimum absolute atomic E-state index is 0.0108. The maximum absolute atomic E-state index is 12.9. The molecule has 0 spiro atoms. The predicted molar refractivity (Wildman–Crippen MR) is 103 cm³/mol. The Morgan fingerprint density at radius 3 is 2.85 bits per heavy atom. The maximum Gasteiger partial charge on any atom is 0.273 e. The van der Waals surface area contributed by atoms with E-state index >= 15 is 0 Å². The van der Waals surface area contributed by atoms with Crippen molar-refractivity contribution in [3.05, 3.63) is 65.2 Å². The maximum atomic E-state index is 12.9. The van der Waals surface area contributed by atoms with Crippen molar-refractivity contribution in [2.24, 2.45) is 0 Å². The van der Waals surface area contributed by atoms with E-state index in [9.17, 15) is 4.79 Å². The highest BCUT2D eigenvalue weighted by molar-refractivity contribution is 7.13. The molecule has 6 heteroatoms. The van der Waals surface area contributed by atoms with E-state index < -0.39 is 0 Å². The summed E-state index contributed by atoms with van der Waals surface area (Å²) in [6, 6.07) is 16.0. The van der Waals surface area contributed by atoms with E-state index in [1.54, 1.807) is 0 Å². The number of thiazole rings is 1. The summed E-state index contributed by atoms with van der Waals surface area (Å²) in [5.41, 5.74) is 2.77. The number of nitrogens with zero attached hydrogens (tertiary/aromatic N) is 2. The highest BCUT2D eigenvalue weighted by Crippen LogP contribution is 2.37. The number of rotatable bonds is 3. The third kappa shape index (κ3) is 3.06. The zero-order valence-corrected chi connectivity index (χ0v) is 15.4. The second kappa shape index (κ2) is 6.70. The van der Waals surface area contributed by atoms with Gasteiger partial charge in [0.1, 0.15) is 10.7 Å². The van der Waals surface area contributed by atoms with E-state index in [0.717, 1.165) is 35.0 Å². The van der Waals surface area contributed by atoms with Crippen molar-refractivity contribution in [3.63, 3.8) is 0 Å². The number of likely N-dealkylation sites (tertiary alicyclic amines) is 1. The number of hydrogen-bond donors (Lipinski definition) is 0. The normalized spacial score (nSPS) is 18.1. The highest BCUT2D eigenvalue weighted by Gasteiger charge is 2.30. The molecule has 3 aromatic rings. The van der Waals surface area contributed by atoms with Gasteiger partial charge in [-0.15, -0.1) is 11.3 Å². The van der Waals surface area contributed by atoms with Gasteiger partial charge in [-0.25, -0.2) is 4.98 Å². The predicted octanol–water partition coefficient (Wildman–Crippen LogP) is 4.17. The van der Waals surface area contributed by atoms with Gasteiger partial charge in [0.05, 0.1) is 0 Å². The molecule has 0 saturated carbocycles. The summed E-state index contributed by atoms with van der Waals surface area (Å²) >= 11 is 1.51. The fourth-order valence-corrected chi connectivity index (χ4v) is 4.43. The van der Waals surface area contributed by atoms with E-state index in [2.05, 4.69) is 11.1 Å². The molecule has 1 saturated heterocycles. The lowest BCUT2D eigenvalue weighted by molar-refractivity contribution is 0.0786. The molecule has 3 heterocycles. The molecule has 5 nitrogen and oxygen atoms in total. The lowest BCUT2D eigenvalue weighted by Crippen LogP contribution is -2.28. The van der Waals surface area contributed by atoms with Crippen LogP contribution >= 0.6 is 11.3 Å². The zero-order valence-electron chi connectivity index (χ0n) is 14.6. The Morgan fingerprint density at radius 1 is 1.11 bits per heavy atom. The molecule has 1 fully saturated rings. The molecule has 0 bridgehead atoms. The van der Waals surface area contributed by atoms with E-state index in [1.165, 1.54) is 16.9 Å². The molecule has 1 amide bonds. The molecule has 5 rings (SSSR count). The van der Waals surface area contributed by atoms with Gasteiger partial charge < -0.3 is 14.4 Å². The summed E-state index contributed by atoms with van der Waals surface area (Å²) in [6.07, 6.45) is 0.945. The number of carbonyl (C=O) groups excluding carboxylic acids is 1. The minimum atomic E-state index is 0.0108. The van der Waals surface area contributed by atoms with Gasteiger partial charge in [0.25, 0.3) is 5.91 Å². The summed E-state index contributed by atoms with van der Waals surface area (Å²) < 4.78 is 10.9. The molecule has 0 N–H and O–H groups in total. The number of fused-ring (bicyclic) bond motifs is 1. The summed E-state index contributed by atoms with van der Waals surface area (Å²) in [5, 5.41) is 2.74. The quantitative estimate of drug-likeness (QED) is 0.686. The number of hydrogen-bond acceptors (Lipinski definition) is 5. The summed E-state index contributed by atoms with van der Waals surface area (Å²) in [4.78, 5) is 19.3. The summed E-state index contributed by atoms with van der Waals surface area (Å²) in [5.74, 6) is 1.91. The van der Waals surface area contributed by atoms with Gasteiger partial charge in [-0.1, -0.05) is 36.4 Å². The fraction of sp³-hybridized carbons (Fsp3) is 0.238. The number of aromatic nitrogens is 1. The van der Waals surface area contributed by atoms with Gasteiger partial charge in [0.2, 0.25) is 6.79 Å². The Bertz CT molecular complexity index is 986. The van der Waals surface area contributed by atoms with Gasteiger partial charge >= 0.3 is 0 Å². The molecule has 136 valence electrons. The standard InChI is InChI=1S/C21H18N2O3S/c24-21(17-12-27-20(22-17)14-4-2-1-3-5-14)23-9-8-16(11-23)15-6-7-18-19(10-15)26-13-25-18/h1-7,10,12,16H,8-9,11,13H2. The van der Waals surface area contributed by atoms with Gasteiger partial charge in [-0.3, -0.25) is 4.79 Å². The van der Waals surface area contributed by atoms with Crippen LogP contribution in [0.2, 0.25) is 0 Å². The van der Waals surface area contributed by atoms with E-state index in [4.69, 9.17) is 9.47 Å². The first kappa shape index (κ1) is 16.3. The van der Waals surface area contributed by atoms with Crippen molar-refractivity contribution in [3.8, 4) is 22.1 Å². The van der Waals surface area contributed by atoms with Crippen molar-refractivity contribution >= 4 is 17.2 Å². The number of benzene rings is 2. The van der Waals surface area contributed by atoms with Crippen molar-refractivity contribution < 1.29 is 14.3 Å². The molecule has 1 unspecified atom stereocenters. The lowest BCUT2D eigenvalue weighted by atomic mass is 9.98. The molecule has 2 aliphatic heterocycles. The van der Waals surface area contributed by atoms with Crippen molar-refractivity contribution in [2.45, 2.75) is 12.3 Å². The van der Waals surface area contributed by atoms with Gasteiger partial charge in [0, 0.05) is 30.0 Å². The van der Waals surface area contributed by atoms with Gasteiger partial charge in [-0.05, 0) is 24.1 Å². The smallest absolute Gasteiger partial charge is 0.273 e. The van der Waals surface area contributed by atoms with Crippen LogP contribution in [0, 0.1) is 0 Å². The molecule has 1 aromatic heterocycles. The van der Waals surface area contributed by atoms with Crippen LogP contribution in [0.25, 0.3) is 10.6 Å². The van der Waals surface area contributed by atoms with Crippen LogP contribution in [0.4, 0.5) is 0 Å². The van der Waals surface area contributed by atoms with Crippen LogP contribution in [0.15, 0.2) is 53.9 Å². The largest absolute Gasteiger partial charge is 0.454 e. The highest BCUT2D eigenvalue weighted by atomic mass is 32.1. The number of ether oxygens (including phenoxy) is 2. The average Bonchev–Trinajstić information content (AvgIpc) is 3.47. The molecule has 2 aromatic carbocycles. The van der Waals surface area contributed by atoms with Crippen molar-refractivity contribution in [1.82, 2.24) is 9.88 Å². The Kier molecular flexibility index (Phi) is 4.05. The van der Waals surface area contributed by atoms with Crippen LogP contribution in [-0.2, 0) is 0 Å². The first-order chi connectivity index (χ1) is 13.3. The third-order valence-corrected chi connectivity index (χ3v) is 5.98. The van der Waals surface area contributed by atoms with Crippen LogP contribution in [0.3, 0.4) is 0 Å². The zero-order chi connectivity index (χ0) is 18.2. The Balaban J connectivity index is 1.30. The Hall–Kier alpha value is -2.86. The summed E-state index contributed by atoms with van der Waals surface area (Å²) in [6.45, 7) is 1.73. The van der Waals surface area contributed by atoms with Crippen LogP contribution < -0.4 is 9.47 Å². The first-order valence-electron chi connectivity index (χ1n) is 8.98. The lowest BCUT2D eigenvalue weighted by Gasteiger charge is -2.15. The molecule has 1 atom stereocenters. The number of carbonyl (C=O) groups is 1. The van der Waals surface area contributed by atoms with Gasteiger partial charge in [-0.2, -0.15) is 0 Å². The van der Waals surface area contributed by atoms with Crippen molar-refractivity contribution in [1.29, 1.82) is 0 Å². The number of amides is 1. The minimum Gasteiger partial charge on any atom is -0.454 e. The third-order valence-electron chi connectivity index (χ3n) is 5.09.